The maximum Gasteiger partial charge on any atom is 0.243 e. The number of methoxy groups -OCH3 is 1. The van der Waals surface area contributed by atoms with Crippen molar-refractivity contribution in [3.63, 3.8) is 0 Å². The molecular weight excluding hydrogens is 400 g/mol. The summed E-state index contributed by atoms with van der Waals surface area (Å²) in [6.07, 6.45) is 8.68. The van der Waals surface area contributed by atoms with Crippen molar-refractivity contribution in [2.24, 2.45) is 23.7 Å². The fraction of sp³-hybridized carbons (Fsp3) is 0.696. The summed E-state index contributed by atoms with van der Waals surface area (Å²) in [4.78, 5) is 13.2. The third-order valence-electron chi connectivity index (χ3n) is 7.86. The van der Waals surface area contributed by atoms with Crippen LogP contribution < -0.4 is 10.1 Å². The Labute approximate surface area is 179 Å². The molecule has 0 spiro atoms. The van der Waals surface area contributed by atoms with Crippen molar-refractivity contribution in [1.82, 2.24) is 9.62 Å². The lowest BCUT2D eigenvalue weighted by Crippen LogP contribution is -2.60. The van der Waals surface area contributed by atoms with Gasteiger partial charge in [0.2, 0.25) is 15.9 Å². The molecule has 1 aromatic carbocycles. The second-order valence-electron chi connectivity index (χ2n) is 10.1. The van der Waals surface area contributed by atoms with E-state index in [1.807, 2.05) is 0 Å². The molecule has 1 aliphatic heterocycles. The molecule has 164 valence electrons. The van der Waals surface area contributed by atoms with E-state index in [0.29, 0.717) is 25.3 Å². The maximum absolute atomic E-state index is 12.9. The molecule has 1 saturated heterocycles. The topological polar surface area (TPSA) is 75.7 Å². The van der Waals surface area contributed by atoms with Gasteiger partial charge in [0.25, 0.3) is 0 Å². The Balaban J connectivity index is 1.19. The van der Waals surface area contributed by atoms with Crippen molar-refractivity contribution in [3.05, 3.63) is 24.3 Å². The van der Waals surface area contributed by atoms with Crippen LogP contribution in [0.5, 0.6) is 5.75 Å². The lowest BCUT2D eigenvalue weighted by Gasteiger charge is -2.57. The fourth-order valence-electron chi connectivity index (χ4n) is 6.95. The van der Waals surface area contributed by atoms with Crippen LogP contribution in [0.1, 0.15) is 51.4 Å². The SMILES string of the molecule is COc1ccc(S(=O)(=O)N2CCC(CC(=O)NC34CC5CC(CC(C5)C3)C4)C2)cc1. The number of nitrogens with zero attached hydrogens (tertiary/aromatic N) is 1. The van der Waals surface area contributed by atoms with Gasteiger partial charge in [0.15, 0.2) is 0 Å². The Kier molecular flexibility index (Phi) is 5.09. The van der Waals surface area contributed by atoms with Gasteiger partial charge in [-0.05, 0) is 92.9 Å². The number of hydrogen-bond acceptors (Lipinski definition) is 4. The molecule has 4 aliphatic carbocycles. The molecule has 5 fully saturated rings. The summed E-state index contributed by atoms with van der Waals surface area (Å²) in [6, 6.07) is 6.50. The van der Waals surface area contributed by atoms with E-state index in [1.165, 1.54) is 23.6 Å². The third-order valence-corrected chi connectivity index (χ3v) is 9.74. The van der Waals surface area contributed by atoms with Gasteiger partial charge >= 0.3 is 0 Å². The highest BCUT2D eigenvalue weighted by molar-refractivity contribution is 7.89. The van der Waals surface area contributed by atoms with E-state index in [2.05, 4.69) is 5.32 Å². The van der Waals surface area contributed by atoms with Gasteiger partial charge in [0.05, 0.1) is 12.0 Å². The van der Waals surface area contributed by atoms with Crippen molar-refractivity contribution in [2.75, 3.05) is 20.2 Å². The molecule has 4 bridgehead atoms. The molecule has 1 unspecified atom stereocenters. The van der Waals surface area contributed by atoms with Crippen molar-refractivity contribution in [3.8, 4) is 5.75 Å². The Morgan fingerprint density at radius 1 is 1.10 bits per heavy atom. The number of carbonyl (C=O) groups is 1. The van der Waals surface area contributed by atoms with E-state index >= 15 is 0 Å². The Morgan fingerprint density at radius 3 is 2.27 bits per heavy atom. The van der Waals surface area contributed by atoms with Crippen molar-refractivity contribution in [1.29, 1.82) is 0 Å². The summed E-state index contributed by atoms with van der Waals surface area (Å²) in [7, 11) is -1.97. The molecule has 6 nitrogen and oxygen atoms in total. The zero-order chi connectivity index (χ0) is 20.9. The van der Waals surface area contributed by atoms with Gasteiger partial charge in [-0.2, -0.15) is 4.31 Å². The van der Waals surface area contributed by atoms with E-state index in [1.54, 1.807) is 31.4 Å². The fourth-order valence-corrected chi connectivity index (χ4v) is 8.48. The highest BCUT2D eigenvalue weighted by atomic mass is 32.2. The first-order valence-corrected chi connectivity index (χ1v) is 12.7. The van der Waals surface area contributed by atoms with Crippen molar-refractivity contribution < 1.29 is 17.9 Å². The molecule has 1 atom stereocenters. The minimum Gasteiger partial charge on any atom is -0.497 e. The van der Waals surface area contributed by atoms with Crippen LogP contribution in [0.15, 0.2) is 29.2 Å². The summed E-state index contributed by atoms with van der Waals surface area (Å²) < 4.78 is 32.5. The van der Waals surface area contributed by atoms with Gasteiger partial charge < -0.3 is 10.1 Å². The minimum atomic E-state index is -3.53. The standard InChI is InChI=1S/C23H32N2O4S/c1-29-20-2-4-21(5-3-20)30(27,28)25-7-6-16(15-25)11-22(26)24-23-12-17-8-18(13-23)10-19(9-17)14-23/h2-5,16-19H,6-15H2,1H3,(H,24,26). The molecular formula is C23H32N2O4S. The van der Waals surface area contributed by atoms with Gasteiger partial charge in [-0.1, -0.05) is 0 Å². The first-order chi connectivity index (χ1) is 14.3. The average molecular weight is 433 g/mol. The molecule has 0 radical (unpaired) electrons. The highest BCUT2D eigenvalue weighted by Gasteiger charge is 2.51. The van der Waals surface area contributed by atoms with Gasteiger partial charge in [-0.25, -0.2) is 8.42 Å². The summed E-state index contributed by atoms with van der Waals surface area (Å²) in [5.74, 6) is 3.24. The number of sulfonamides is 1. The molecule has 5 aliphatic rings. The van der Waals surface area contributed by atoms with Crippen LogP contribution in [-0.2, 0) is 14.8 Å². The maximum atomic E-state index is 12.9. The minimum absolute atomic E-state index is 0.0271. The van der Waals surface area contributed by atoms with Crippen molar-refractivity contribution >= 4 is 15.9 Å². The van der Waals surface area contributed by atoms with E-state index in [0.717, 1.165) is 43.4 Å². The van der Waals surface area contributed by atoms with E-state index in [-0.39, 0.29) is 22.3 Å². The number of carbonyl (C=O) groups excluding carboxylic acids is 1. The van der Waals surface area contributed by atoms with E-state index in [4.69, 9.17) is 4.74 Å². The average Bonchev–Trinajstić information content (AvgIpc) is 3.15. The molecule has 1 N–H and O–H groups in total. The Hall–Kier alpha value is -1.60. The molecule has 1 aromatic rings. The Bertz CT molecular complexity index is 876. The molecule has 6 rings (SSSR count). The van der Waals surface area contributed by atoms with Gasteiger partial charge in [0, 0.05) is 25.0 Å². The summed E-state index contributed by atoms with van der Waals surface area (Å²) >= 11 is 0. The van der Waals surface area contributed by atoms with Crippen LogP contribution in [0.3, 0.4) is 0 Å². The quantitative estimate of drug-likeness (QED) is 0.749. The number of nitrogens with one attached hydrogen (secondary N) is 1. The summed E-state index contributed by atoms with van der Waals surface area (Å²) in [6.45, 7) is 0.895. The van der Waals surface area contributed by atoms with E-state index in [9.17, 15) is 13.2 Å². The van der Waals surface area contributed by atoms with Crippen LogP contribution in [0.25, 0.3) is 0 Å². The number of hydrogen-bond donors (Lipinski definition) is 1. The summed E-state index contributed by atoms with van der Waals surface area (Å²) in [5.41, 5.74) is 0.0271. The molecule has 7 heteroatoms. The molecule has 0 aromatic heterocycles. The van der Waals surface area contributed by atoms with Crippen LogP contribution in [0.4, 0.5) is 0 Å². The van der Waals surface area contributed by atoms with E-state index < -0.39 is 10.0 Å². The predicted molar refractivity (Wildman–Crippen MR) is 114 cm³/mol. The number of benzene rings is 1. The first kappa shape index (κ1) is 20.3. The monoisotopic (exact) mass is 432 g/mol. The lowest BCUT2D eigenvalue weighted by molar-refractivity contribution is -0.127. The zero-order valence-electron chi connectivity index (χ0n) is 17.7. The van der Waals surface area contributed by atoms with Gasteiger partial charge in [-0.3, -0.25) is 4.79 Å². The summed E-state index contributed by atoms with van der Waals surface area (Å²) in [5, 5.41) is 3.43. The van der Waals surface area contributed by atoms with Crippen LogP contribution in [0.2, 0.25) is 0 Å². The first-order valence-electron chi connectivity index (χ1n) is 11.3. The highest BCUT2D eigenvalue weighted by Crippen LogP contribution is 2.55. The Morgan fingerprint density at radius 2 is 1.70 bits per heavy atom. The molecule has 4 saturated carbocycles. The zero-order valence-corrected chi connectivity index (χ0v) is 18.5. The van der Waals surface area contributed by atoms with Gasteiger partial charge in [0.1, 0.15) is 5.75 Å². The number of amides is 1. The molecule has 1 amide bonds. The molecule has 1 heterocycles. The number of ether oxygens (including phenoxy) is 1. The molecule has 30 heavy (non-hydrogen) atoms. The lowest BCUT2D eigenvalue weighted by atomic mass is 9.53. The predicted octanol–water partition coefficient (Wildman–Crippen LogP) is 3.18. The second kappa shape index (κ2) is 7.52. The smallest absolute Gasteiger partial charge is 0.243 e. The van der Waals surface area contributed by atoms with Crippen LogP contribution >= 0.6 is 0 Å². The van der Waals surface area contributed by atoms with Crippen LogP contribution in [0, 0.1) is 23.7 Å². The largest absolute Gasteiger partial charge is 0.497 e. The van der Waals surface area contributed by atoms with Gasteiger partial charge in [-0.15, -0.1) is 0 Å². The van der Waals surface area contributed by atoms with Crippen LogP contribution in [-0.4, -0.2) is 44.4 Å². The third kappa shape index (κ3) is 3.75. The normalized spacial score (nSPS) is 35.5. The van der Waals surface area contributed by atoms with Crippen molar-refractivity contribution in [2.45, 2.75) is 61.8 Å². The second-order valence-corrected chi connectivity index (χ2v) is 12.1. The number of rotatable bonds is 6.